The van der Waals surface area contributed by atoms with Gasteiger partial charge in [-0.1, -0.05) is 158 Å². The maximum Gasteiger partial charge on any atom is 0.164 e. The van der Waals surface area contributed by atoms with Gasteiger partial charge in [0.1, 0.15) is 0 Å². The van der Waals surface area contributed by atoms with Gasteiger partial charge in [-0.3, -0.25) is 0 Å². The zero-order valence-electron chi connectivity index (χ0n) is 33.2. The standard InChI is InChI=1S/C57H33N3S2/c1-2-12-37-30-39(24-22-34(37)10-1)38-14-7-15-41(31-38)55-58-56(42-27-29-52-50(33-42)45-17-5-6-21-51(45)61-52)60-57(59-55)48-20-8-13-36-23-25-40(32-49(36)48)44-18-9-19-46-47-28-26-35-11-3-4-16-43(35)53(47)62-54(44)46/h1-33H. The number of hydrogen-bond donors (Lipinski definition) is 0. The number of thiophene rings is 2. The average molecular weight is 824 g/mol. The third-order valence-corrected chi connectivity index (χ3v) is 14.7. The van der Waals surface area contributed by atoms with Crippen molar-refractivity contribution >= 4 is 95.3 Å². The molecule has 0 aliphatic carbocycles. The molecule has 13 rings (SSSR count). The first-order chi connectivity index (χ1) is 30.7. The first kappa shape index (κ1) is 35.2. The van der Waals surface area contributed by atoms with Crippen LogP contribution in [0.2, 0.25) is 0 Å². The van der Waals surface area contributed by atoms with Gasteiger partial charge in [0.05, 0.1) is 0 Å². The fourth-order valence-corrected chi connectivity index (χ4v) is 11.7. The van der Waals surface area contributed by atoms with Crippen LogP contribution in [0, 0.1) is 0 Å². The fourth-order valence-electron chi connectivity index (χ4n) is 9.22. The third kappa shape index (κ3) is 5.74. The Morgan fingerprint density at radius 3 is 1.74 bits per heavy atom. The van der Waals surface area contributed by atoms with Crippen molar-refractivity contribution < 1.29 is 0 Å². The Bertz CT molecular complexity index is 3950. The quantitative estimate of drug-likeness (QED) is 0.174. The largest absolute Gasteiger partial charge is 0.208 e. The Hall–Kier alpha value is -7.57. The number of nitrogens with zero attached hydrogens (tertiary/aromatic N) is 3. The molecule has 0 atom stereocenters. The van der Waals surface area contributed by atoms with Gasteiger partial charge in [0.25, 0.3) is 0 Å². The highest BCUT2D eigenvalue weighted by Crippen LogP contribution is 2.44. The summed E-state index contributed by atoms with van der Waals surface area (Å²) in [6.07, 6.45) is 0. The Morgan fingerprint density at radius 2 is 0.823 bits per heavy atom. The van der Waals surface area contributed by atoms with Gasteiger partial charge in [-0.25, -0.2) is 15.0 Å². The van der Waals surface area contributed by atoms with Crippen molar-refractivity contribution in [3.63, 3.8) is 0 Å². The van der Waals surface area contributed by atoms with E-state index in [0.29, 0.717) is 17.5 Å². The van der Waals surface area contributed by atoms with Gasteiger partial charge in [0.2, 0.25) is 0 Å². The minimum atomic E-state index is 0.637. The molecule has 62 heavy (non-hydrogen) atoms. The molecule has 0 amide bonds. The van der Waals surface area contributed by atoms with Crippen LogP contribution in [0.1, 0.15) is 0 Å². The van der Waals surface area contributed by atoms with E-state index in [1.807, 2.05) is 22.7 Å². The minimum absolute atomic E-state index is 0.637. The topological polar surface area (TPSA) is 38.7 Å². The summed E-state index contributed by atoms with van der Waals surface area (Å²) >= 11 is 3.70. The minimum Gasteiger partial charge on any atom is -0.208 e. The van der Waals surface area contributed by atoms with Crippen LogP contribution in [0.25, 0.3) is 129 Å². The van der Waals surface area contributed by atoms with E-state index in [2.05, 4.69) is 200 Å². The van der Waals surface area contributed by atoms with Crippen molar-refractivity contribution in [1.29, 1.82) is 0 Å². The van der Waals surface area contributed by atoms with Gasteiger partial charge >= 0.3 is 0 Å². The first-order valence-corrected chi connectivity index (χ1v) is 22.5. The van der Waals surface area contributed by atoms with Gasteiger partial charge in [-0.2, -0.15) is 0 Å². The molecule has 0 aliphatic rings. The molecule has 0 N–H and O–H groups in total. The monoisotopic (exact) mass is 823 g/mol. The van der Waals surface area contributed by atoms with E-state index in [0.717, 1.165) is 38.6 Å². The van der Waals surface area contributed by atoms with Crippen LogP contribution in [0.5, 0.6) is 0 Å². The zero-order valence-corrected chi connectivity index (χ0v) is 34.8. The summed E-state index contributed by atoms with van der Waals surface area (Å²) in [5.74, 6) is 1.93. The van der Waals surface area contributed by atoms with E-state index in [4.69, 9.17) is 15.0 Å². The van der Waals surface area contributed by atoms with E-state index in [1.54, 1.807) is 0 Å². The van der Waals surface area contributed by atoms with E-state index < -0.39 is 0 Å². The molecule has 0 aliphatic heterocycles. The number of fused-ring (bicyclic) bond motifs is 10. The molecular formula is C57H33N3S2. The average Bonchev–Trinajstić information content (AvgIpc) is 3.92. The lowest BCUT2D eigenvalue weighted by Crippen LogP contribution is -2.01. The predicted molar refractivity (Wildman–Crippen MR) is 265 cm³/mol. The lowest BCUT2D eigenvalue weighted by Gasteiger charge is -2.12. The highest BCUT2D eigenvalue weighted by atomic mass is 32.1. The van der Waals surface area contributed by atoms with E-state index in [-0.39, 0.29) is 0 Å². The number of aromatic nitrogens is 3. The van der Waals surface area contributed by atoms with Crippen LogP contribution in [-0.2, 0) is 0 Å². The van der Waals surface area contributed by atoms with Crippen molar-refractivity contribution in [2.45, 2.75) is 0 Å². The highest BCUT2D eigenvalue weighted by molar-refractivity contribution is 7.27. The van der Waals surface area contributed by atoms with E-state index in [9.17, 15) is 0 Å². The number of benzene rings is 10. The molecule has 0 radical (unpaired) electrons. The van der Waals surface area contributed by atoms with Crippen LogP contribution in [0.15, 0.2) is 200 Å². The SMILES string of the molecule is c1cc(-c2ccc3ccccc3c2)cc(-c2nc(-c3ccc4sc5ccccc5c4c3)nc(-c3cccc4ccc(-c5cccc6c5sc5c7ccccc7ccc65)cc34)n2)c1. The Morgan fingerprint density at radius 1 is 0.258 bits per heavy atom. The fraction of sp³-hybridized carbons (Fsp3) is 0. The summed E-state index contributed by atoms with van der Waals surface area (Å²) in [5, 5.41) is 12.3. The molecule has 288 valence electrons. The van der Waals surface area contributed by atoms with Crippen LogP contribution in [0.3, 0.4) is 0 Å². The van der Waals surface area contributed by atoms with E-state index in [1.165, 1.54) is 73.0 Å². The maximum atomic E-state index is 5.33. The molecule has 0 bridgehead atoms. The van der Waals surface area contributed by atoms with Crippen LogP contribution >= 0.6 is 22.7 Å². The smallest absolute Gasteiger partial charge is 0.164 e. The summed E-state index contributed by atoms with van der Waals surface area (Å²) in [6.45, 7) is 0. The van der Waals surface area contributed by atoms with Gasteiger partial charge in [0.15, 0.2) is 17.5 Å². The summed E-state index contributed by atoms with van der Waals surface area (Å²) in [6, 6.07) is 72.2. The summed E-state index contributed by atoms with van der Waals surface area (Å²) in [4.78, 5) is 15.9. The Kier molecular flexibility index (Phi) is 7.95. The summed E-state index contributed by atoms with van der Waals surface area (Å²) < 4.78 is 5.14. The van der Waals surface area contributed by atoms with Crippen molar-refractivity contribution in [2.75, 3.05) is 0 Å². The Labute approximate surface area is 364 Å². The molecule has 0 unspecified atom stereocenters. The maximum absolute atomic E-state index is 5.33. The molecular weight excluding hydrogens is 791 g/mol. The molecule has 0 saturated carbocycles. The van der Waals surface area contributed by atoms with E-state index >= 15 is 0 Å². The number of hydrogen-bond acceptors (Lipinski definition) is 5. The van der Waals surface area contributed by atoms with Crippen molar-refractivity contribution in [3.05, 3.63) is 200 Å². The first-order valence-electron chi connectivity index (χ1n) is 20.8. The normalized spacial score (nSPS) is 11.9. The van der Waals surface area contributed by atoms with Crippen molar-refractivity contribution in [2.24, 2.45) is 0 Å². The zero-order chi connectivity index (χ0) is 40.7. The second-order valence-electron chi connectivity index (χ2n) is 15.9. The molecule has 3 aromatic heterocycles. The number of rotatable bonds is 5. The van der Waals surface area contributed by atoms with Gasteiger partial charge in [0, 0.05) is 57.0 Å². The summed E-state index contributed by atoms with van der Waals surface area (Å²) in [5.41, 5.74) is 7.52. The Balaban J connectivity index is 1.00. The second-order valence-corrected chi connectivity index (χ2v) is 18.1. The molecule has 3 heterocycles. The second kappa shape index (κ2) is 14.0. The van der Waals surface area contributed by atoms with Crippen molar-refractivity contribution in [3.8, 4) is 56.4 Å². The molecule has 5 heteroatoms. The highest BCUT2D eigenvalue weighted by Gasteiger charge is 2.18. The third-order valence-electron chi connectivity index (χ3n) is 12.3. The van der Waals surface area contributed by atoms with Gasteiger partial charge < -0.3 is 0 Å². The lowest BCUT2D eigenvalue weighted by atomic mass is 9.96. The molecule has 0 saturated heterocycles. The molecule has 0 fully saturated rings. The van der Waals surface area contributed by atoms with Crippen LogP contribution in [0.4, 0.5) is 0 Å². The molecule has 0 spiro atoms. The van der Waals surface area contributed by atoms with Crippen LogP contribution in [-0.4, -0.2) is 15.0 Å². The lowest BCUT2D eigenvalue weighted by molar-refractivity contribution is 1.08. The summed E-state index contributed by atoms with van der Waals surface area (Å²) in [7, 11) is 0. The predicted octanol–water partition coefficient (Wildman–Crippen LogP) is 16.4. The molecule has 13 aromatic rings. The van der Waals surface area contributed by atoms with Crippen LogP contribution < -0.4 is 0 Å². The van der Waals surface area contributed by atoms with Crippen molar-refractivity contribution in [1.82, 2.24) is 15.0 Å². The van der Waals surface area contributed by atoms with Gasteiger partial charge in [-0.05, 0) is 97.0 Å². The molecule has 3 nitrogen and oxygen atoms in total. The molecule has 10 aromatic carbocycles. The van der Waals surface area contributed by atoms with Gasteiger partial charge in [-0.15, -0.1) is 22.7 Å².